The van der Waals surface area contributed by atoms with E-state index >= 15 is 0 Å². The number of piperazine rings is 1. The van der Waals surface area contributed by atoms with E-state index in [1.807, 2.05) is 4.90 Å². The van der Waals surface area contributed by atoms with Crippen LogP contribution < -0.4 is 0 Å². The lowest BCUT2D eigenvalue weighted by molar-refractivity contribution is -0.142. The Hall–Kier alpha value is -1.15. The Balaban J connectivity index is 1.54. The molecule has 2 aliphatic heterocycles. The molecule has 24 heavy (non-hydrogen) atoms. The van der Waals surface area contributed by atoms with Crippen LogP contribution in [-0.4, -0.2) is 79.4 Å². The van der Waals surface area contributed by atoms with E-state index in [2.05, 4.69) is 0 Å². The van der Waals surface area contributed by atoms with Crippen molar-refractivity contribution in [1.82, 2.24) is 14.1 Å². The van der Waals surface area contributed by atoms with Crippen LogP contribution in [0.4, 0.5) is 0 Å². The third kappa shape index (κ3) is 3.74. The second kappa shape index (κ2) is 7.00. The van der Waals surface area contributed by atoms with E-state index < -0.39 is 10.0 Å². The molecule has 0 aromatic rings. The van der Waals surface area contributed by atoms with Crippen molar-refractivity contribution in [3.8, 4) is 0 Å². The molecule has 0 radical (unpaired) electrons. The molecule has 8 heteroatoms. The summed E-state index contributed by atoms with van der Waals surface area (Å²) in [5, 5.41) is 0. The van der Waals surface area contributed by atoms with Gasteiger partial charge in [0, 0.05) is 45.2 Å². The summed E-state index contributed by atoms with van der Waals surface area (Å²) < 4.78 is 25.3. The largest absolute Gasteiger partial charge is 0.342 e. The van der Waals surface area contributed by atoms with Gasteiger partial charge in [-0.2, -0.15) is 4.31 Å². The van der Waals surface area contributed by atoms with Gasteiger partial charge in [0.2, 0.25) is 21.8 Å². The standard InChI is InChI=1S/C16H27N3O4S/c1-2-24(22,23)19-10-8-17(9-11-19)16(21)14-4-3-7-18(12-14)15(20)13-5-6-13/h13-14H,2-12H2,1H3. The third-order valence-corrected chi connectivity index (χ3v) is 7.20. The highest BCUT2D eigenvalue weighted by atomic mass is 32.2. The molecular weight excluding hydrogens is 330 g/mol. The van der Waals surface area contributed by atoms with Crippen LogP contribution in [0.2, 0.25) is 0 Å². The second-order valence-corrected chi connectivity index (χ2v) is 9.28. The zero-order chi connectivity index (χ0) is 17.3. The highest BCUT2D eigenvalue weighted by Crippen LogP contribution is 2.32. The van der Waals surface area contributed by atoms with Crippen molar-refractivity contribution in [2.45, 2.75) is 32.6 Å². The van der Waals surface area contributed by atoms with Gasteiger partial charge in [0.25, 0.3) is 0 Å². The Bertz CT molecular complexity index is 594. The van der Waals surface area contributed by atoms with Crippen LogP contribution in [0, 0.1) is 11.8 Å². The second-order valence-electron chi connectivity index (χ2n) is 7.02. The molecule has 2 saturated heterocycles. The highest BCUT2D eigenvalue weighted by Gasteiger charge is 2.38. The quantitative estimate of drug-likeness (QED) is 0.716. The number of rotatable bonds is 4. The molecule has 1 saturated carbocycles. The SMILES string of the molecule is CCS(=O)(=O)N1CCN(C(=O)C2CCCN(C(=O)C3CC3)C2)CC1. The van der Waals surface area contributed by atoms with Crippen LogP contribution in [0.15, 0.2) is 0 Å². The van der Waals surface area contributed by atoms with E-state index in [-0.39, 0.29) is 29.4 Å². The molecule has 7 nitrogen and oxygen atoms in total. The van der Waals surface area contributed by atoms with Gasteiger partial charge in [-0.1, -0.05) is 0 Å². The van der Waals surface area contributed by atoms with Crippen molar-refractivity contribution in [1.29, 1.82) is 0 Å². The molecule has 136 valence electrons. The van der Waals surface area contributed by atoms with Crippen LogP contribution in [0.25, 0.3) is 0 Å². The Morgan fingerprint density at radius 1 is 0.875 bits per heavy atom. The maximum atomic E-state index is 12.8. The first-order valence-corrected chi connectivity index (χ1v) is 10.6. The summed E-state index contributed by atoms with van der Waals surface area (Å²) in [6.45, 7) is 4.58. The van der Waals surface area contributed by atoms with Crippen molar-refractivity contribution < 1.29 is 18.0 Å². The number of carbonyl (C=O) groups is 2. The van der Waals surface area contributed by atoms with Crippen LogP contribution in [-0.2, 0) is 19.6 Å². The third-order valence-electron chi connectivity index (χ3n) is 5.32. The topological polar surface area (TPSA) is 78.0 Å². The first-order valence-electron chi connectivity index (χ1n) is 8.97. The van der Waals surface area contributed by atoms with Gasteiger partial charge in [-0.15, -0.1) is 0 Å². The molecule has 1 atom stereocenters. The highest BCUT2D eigenvalue weighted by molar-refractivity contribution is 7.89. The molecule has 0 spiro atoms. The lowest BCUT2D eigenvalue weighted by atomic mass is 9.96. The van der Waals surface area contributed by atoms with Gasteiger partial charge in [0.1, 0.15) is 0 Å². The number of amides is 2. The van der Waals surface area contributed by atoms with Gasteiger partial charge >= 0.3 is 0 Å². The van der Waals surface area contributed by atoms with E-state index in [1.165, 1.54) is 4.31 Å². The average molecular weight is 357 g/mol. The van der Waals surface area contributed by atoms with Crippen molar-refractivity contribution >= 4 is 21.8 Å². The first kappa shape index (κ1) is 17.7. The normalized spacial score (nSPS) is 26.5. The van der Waals surface area contributed by atoms with E-state index in [0.717, 1.165) is 32.2 Å². The smallest absolute Gasteiger partial charge is 0.227 e. The number of sulfonamides is 1. The van der Waals surface area contributed by atoms with Crippen molar-refractivity contribution in [2.75, 3.05) is 45.0 Å². The summed E-state index contributed by atoms with van der Waals surface area (Å²) in [4.78, 5) is 28.6. The zero-order valence-corrected chi connectivity index (χ0v) is 15.1. The number of hydrogen-bond donors (Lipinski definition) is 0. The summed E-state index contributed by atoms with van der Waals surface area (Å²) in [5.74, 6) is 0.461. The summed E-state index contributed by atoms with van der Waals surface area (Å²) in [5.41, 5.74) is 0. The fraction of sp³-hybridized carbons (Fsp3) is 0.875. The van der Waals surface area contributed by atoms with Crippen molar-refractivity contribution in [3.63, 3.8) is 0 Å². The Labute approximate surface area is 144 Å². The molecule has 1 aliphatic carbocycles. The molecule has 2 heterocycles. The van der Waals surface area contributed by atoms with E-state index in [1.54, 1.807) is 11.8 Å². The van der Waals surface area contributed by atoms with E-state index in [4.69, 9.17) is 0 Å². The molecule has 2 amide bonds. The minimum Gasteiger partial charge on any atom is -0.342 e. The first-order chi connectivity index (χ1) is 11.4. The van der Waals surface area contributed by atoms with Gasteiger partial charge in [-0.25, -0.2) is 8.42 Å². The Morgan fingerprint density at radius 3 is 2.08 bits per heavy atom. The summed E-state index contributed by atoms with van der Waals surface area (Å²) in [6, 6.07) is 0. The predicted molar refractivity (Wildman–Crippen MR) is 89.6 cm³/mol. The van der Waals surface area contributed by atoms with Crippen LogP contribution >= 0.6 is 0 Å². The van der Waals surface area contributed by atoms with Gasteiger partial charge in [0.15, 0.2) is 0 Å². The summed E-state index contributed by atoms with van der Waals surface area (Å²) in [6.07, 6.45) is 3.67. The van der Waals surface area contributed by atoms with Crippen LogP contribution in [0.3, 0.4) is 0 Å². The fourth-order valence-corrected chi connectivity index (χ4v) is 4.68. The fourth-order valence-electron chi connectivity index (χ4n) is 3.59. The minimum atomic E-state index is -3.18. The van der Waals surface area contributed by atoms with Gasteiger partial charge in [-0.3, -0.25) is 9.59 Å². The maximum absolute atomic E-state index is 12.8. The molecule has 0 aromatic carbocycles. The van der Waals surface area contributed by atoms with Gasteiger partial charge < -0.3 is 9.80 Å². The average Bonchev–Trinajstić information content (AvgIpc) is 3.46. The summed E-state index contributed by atoms with van der Waals surface area (Å²) >= 11 is 0. The predicted octanol–water partition coefficient (Wildman–Crippen LogP) is 0.129. The monoisotopic (exact) mass is 357 g/mol. The van der Waals surface area contributed by atoms with Gasteiger partial charge in [0.05, 0.1) is 11.7 Å². The number of carbonyl (C=O) groups excluding carboxylic acids is 2. The van der Waals surface area contributed by atoms with Crippen molar-refractivity contribution in [3.05, 3.63) is 0 Å². The van der Waals surface area contributed by atoms with E-state index in [0.29, 0.717) is 32.7 Å². The Morgan fingerprint density at radius 2 is 1.50 bits per heavy atom. The molecule has 3 fully saturated rings. The number of hydrogen-bond acceptors (Lipinski definition) is 4. The molecule has 3 aliphatic rings. The lowest BCUT2D eigenvalue weighted by Crippen LogP contribution is -2.54. The number of likely N-dealkylation sites (tertiary alicyclic amines) is 1. The molecule has 1 unspecified atom stereocenters. The minimum absolute atomic E-state index is 0.0804. The maximum Gasteiger partial charge on any atom is 0.227 e. The molecule has 0 N–H and O–H groups in total. The molecule has 0 aromatic heterocycles. The zero-order valence-electron chi connectivity index (χ0n) is 14.3. The lowest BCUT2D eigenvalue weighted by Gasteiger charge is -2.38. The van der Waals surface area contributed by atoms with Gasteiger partial charge in [-0.05, 0) is 32.6 Å². The van der Waals surface area contributed by atoms with Crippen LogP contribution in [0.5, 0.6) is 0 Å². The molecule has 3 rings (SSSR count). The number of nitrogens with zero attached hydrogens (tertiary/aromatic N) is 3. The number of piperidine rings is 1. The molecule has 0 bridgehead atoms. The van der Waals surface area contributed by atoms with Crippen molar-refractivity contribution in [2.24, 2.45) is 11.8 Å². The van der Waals surface area contributed by atoms with E-state index in [9.17, 15) is 18.0 Å². The summed E-state index contributed by atoms with van der Waals surface area (Å²) in [7, 11) is -3.18. The molecular formula is C16H27N3O4S. The van der Waals surface area contributed by atoms with Crippen LogP contribution in [0.1, 0.15) is 32.6 Å². The Kier molecular flexibility index (Phi) is 5.15.